The predicted octanol–water partition coefficient (Wildman–Crippen LogP) is 15.4. The maximum Gasteiger partial charge on any atom is 0.0462 e. The summed E-state index contributed by atoms with van der Waals surface area (Å²) in [5.41, 5.74) is 8.35. The highest BCUT2D eigenvalue weighted by atomic mass is 15.1. The first-order chi connectivity index (χ1) is 27.3. The summed E-state index contributed by atoms with van der Waals surface area (Å²) in [5, 5.41) is 15.3. The molecule has 0 fully saturated rings. The Hall–Kier alpha value is -7.22. The summed E-state index contributed by atoms with van der Waals surface area (Å²) in [6.07, 6.45) is 0. The van der Waals surface area contributed by atoms with Crippen molar-refractivity contribution >= 4 is 81.7 Å². The fraction of sp³-hybridized carbons (Fsp3) is 0. The number of nitrogens with zero attached hydrogens (tertiary/aromatic N) is 1. The van der Waals surface area contributed by atoms with E-state index in [4.69, 9.17) is 0 Å². The summed E-state index contributed by atoms with van der Waals surface area (Å²) in [6.45, 7) is 0. The van der Waals surface area contributed by atoms with Gasteiger partial charge in [0.1, 0.15) is 0 Å². The first kappa shape index (κ1) is 31.3. The lowest BCUT2D eigenvalue weighted by atomic mass is 9.84. The zero-order chi connectivity index (χ0) is 36.3. The van der Waals surface area contributed by atoms with Gasteiger partial charge >= 0.3 is 0 Å². The van der Waals surface area contributed by atoms with E-state index >= 15 is 0 Å². The zero-order valence-corrected chi connectivity index (χ0v) is 30.2. The molecular formula is C54H35N. The van der Waals surface area contributed by atoms with Crippen LogP contribution in [-0.2, 0) is 0 Å². The molecule has 256 valence electrons. The van der Waals surface area contributed by atoms with Gasteiger partial charge in [-0.3, -0.25) is 0 Å². The Morgan fingerprint density at radius 2 is 0.564 bits per heavy atom. The van der Waals surface area contributed by atoms with Crippen molar-refractivity contribution in [1.82, 2.24) is 0 Å². The third-order valence-corrected chi connectivity index (χ3v) is 11.4. The molecule has 0 amide bonds. The monoisotopic (exact) mass is 697 g/mol. The molecule has 0 atom stereocenters. The second-order valence-electron chi connectivity index (χ2n) is 14.4. The highest BCUT2D eigenvalue weighted by Gasteiger charge is 2.19. The van der Waals surface area contributed by atoms with Crippen LogP contribution in [0.3, 0.4) is 0 Å². The van der Waals surface area contributed by atoms with E-state index in [0.29, 0.717) is 0 Å². The highest BCUT2D eigenvalue weighted by Crippen LogP contribution is 2.46. The van der Waals surface area contributed by atoms with Gasteiger partial charge < -0.3 is 4.90 Å². The predicted molar refractivity (Wildman–Crippen MR) is 237 cm³/mol. The summed E-state index contributed by atoms with van der Waals surface area (Å²) in [7, 11) is 0. The molecular weight excluding hydrogens is 663 g/mol. The van der Waals surface area contributed by atoms with Crippen molar-refractivity contribution < 1.29 is 0 Å². The van der Waals surface area contributed by atoms with Crippen LogP contribution in [0.2, 0.25) is 0 Å². The van der Waals surface area contributed by atoms with E-state index in [2.05, 4.69) is 217 Å². The van der Waals surface area contributed by atoms with Gasteiger partial charge in [-0.2, -0.15) is 0 Å². The largest absolute Gasteiger partial charge is 0.311 e. The first-order valence-electron chi connectivity index (χ1n) is 19.0. The van der Waals surface area contributed by atoms with Gasteiger partial charge in [0.25, 0.3) is 0 Å². The Labute approximate surface area is 320 Å². The second-order valence-corrected chi connectivity index (χ2v) is 14.4. The Morgan fingerprint density at radius 3 is 1.05 bits per heavy atom. The van der Waals surface area contributed by atoms with Gasteiger partial charge in [-0.1, -0.05) is 158 Å². The van der Waals surface area contributed by atoms with Crippen LogP contribution in [0.25, 0.3) is 86.9 Å². The molecule has 11 rings (SSSR count). The van der Waals surface area contributed by atoms with Crippen molar-refractivity contribution in [1.29, 1.82) is 0 Å². The third kappa shape index (κ3) is 5.09. The van der Waals surface area contributed by atoms with Crippen LogP contribution in [0.4, 0.5) is 17.1 Å². The Kier molecular flexibility index (Phi) is 7.25. The lowest BCUT2D eigenvalue weighted by molar-refractivity contribution is 1.28. The van der Waals surface area contributed by atoms with Crippen LogP contribution in [0.5, 0.6) is 0 Å². The molecule has 0 N–H and O–H groups in total. The minimum atomic E-state index is 1.12. The second kappa shape index (κ2) is 12.7. The molecule has 0 unspecified atom stereocenters. The Morgan fingerprint density at radius 1 is 0.218 bits per heavy atom. The van der Waals surface area contributed by atoms with Crippen LogP contribution in [-0.4, -0.2) is 0 Å². The standard InChI is InChI=1S/C54H35N/c1-3-17-40(18-4-1)55(41-19-5-2-6-20-41)42-30-27-36(28-31-42)53-46-23-11-13-25-48(46)54(49-26-14-12-24-47(49)53)39-29-32-45-50(35-39)43-21-9-10-22-44(43)51-33-37-15-7-8-16-38(37)34-52(45)51/h1-35H. The smallest absolute Gasteiger partial charge is 0.0462 e. The number of para-hydroxylation sites is 2. The summed E-state index contributed by atoms with van der Waals surface area (Å²) >= 11 is 0. The summed E-state index contributed by atoms with van der Waals surface area (Å²) in [5.74, 6) is 0. The van der Waals surface area contributed by atoms with E-state index in [1.165, 1.54) is 86.9 Å². The molecule has 11 aromatic rings. The summed E-state index contributed by atoms with van der Waals surface area (Å²) < 4.78 is 0. The van der Waals surface area contributed by atoms with Gasteiger partial charge in [0.15, 0.2) is 0 Å². The van der Waals surface area contributed by atoms with Gasteiger partial charge in [0.05, 0.1) is 0 Å². The van der Waals surface area contributed by atoms with E-state index < -0.39 is 0 Å². The van der Waals surface area contributed by atoms with Crippen molar-refractivity contribution in [2.75, 3.05) is 4.90 Å². The molecule has 1 nitrogen and oxygen atoms in total. The number of benzene rings is 11. The Balaban J connectivity index is 1.12. The van der Waals surface area contributed by atoms with Gasteiger partial charge in [0, 0.05) is 17.1 Å². The van der Waals surface area contributed by atoms with E-state index in [0.717, 1.165) is 17.1 Å². The summed E-state index contributed by atoms with van der Waals surface area (Å²) in [6, 6.07) is 77.7. The number of hydrogen-bond acceptors (Lipinski definition) is 1. The maximum absolute atomic E-state index is 2.44. The van der Waals surface area contributed by atoms with Gasteiger partial charge in [-0.05, 0) is 141 Å². The average Bonchev–Trinajstić information content (AvgIpc) is 3.26. The normalized spacial score (nSPS) is 11.6. The molecule has 11 aromatic carbocycles. The SMILES string of the molecule is c1ccc(N(c2ccccc2)c2ccc(-c3c4ccccc4c(-c4ccc5c(c4)c4ccccc4c4cc6ccccc6cc54)c4ccccc34)cc2)cc1. The molecule has 0 radical (unpaired) electrons. The quantitative estimate of drug-likeness (QED) is 0.128. The third-order valence-electron chi connectivity index (χ3n) is 11.4. The van der Waals surface area contributed by atoms with Gasteiger partial charge in [0.2, 0.25) is 0 Å². The van der Waals surface area contributed by atoms with Crippen molar-refractivity contribution in [2.45, 2.75) is 0 Å². The van der Waals surface area contributed by atoms with E-state index in [1.807, 2.05) is 0 Å². The topological polar surface area (TPSA) is 3.24 Å². The minimum absolute atomic E-state index is 1.12. The molecule has 55 heavy (non-hydrogen) atoms. The van der Waals surface area contributed by atoms with Gasteiger partial charge in [-0.25, -0.2) is 0 Å². The molecule has 0 bridgehead atoms. The number of rotatable bonds is 5. The van der Waals surface area contributed by atoms with Crippen molar-refractivity contribution in [3.05, 3.63) is 212 Å². The lowest BCUT2D eigenvalue weighted by Gasteiger charge is -2.25. The minimum Gasteiger partial charge on any atom is -0.311 e. The molecule has 0 aliphatic heterocycles. The van der Waals surface area contributed by atoms with Crippen LogP contribution >= 0.6 is 0 Å². The number of fused-ring (bicyclic) bond motifs is 9. The van der Waals surface area contributed by atoms with Crippen LogP contribution in [0, 0.1) is 0 Å². The van der Waals surface area contributed by atoms with Crippen molar-refractivity contribution in [3.63, 3.8) is 0 Å². The lowest BCUT2D eigenvalue weighted by Crippen LogP contribution is -2.09. The Bertz CT molecular complexity index is 3140. The molecule has 1 heteroatoms. The molecule has 0 saturated heterocycles. The zero-order valence-electron chi connectivity index (χ0n) is 30.2. The van der Waals surface area contributed by atoms with E-state index in [-0.39, 0.29) is 0 Å². The van der Waals surface area contributed by atoms with Crippen molar-refractivity contribution in [3.8, 4) is 22.3 Å². The molecule has 0 aliphatic carbocycles. The first-order valence-corrected chi connectivity index (χ1v) is 19.0. The van der Waals surface area contributed by atoms with Crippen LogP contribution < -0.4 is 4.90 Å². The number of anilines is 3. The van der Waals surface area contributed by atoms with Crippen LogP contribution in [0.15, 0.2) is 212 Å². The molecule has 0 saturated carbocycles. The molecule has 0 aliphatic rings. The molecule has 0 aromatic heterocycles. The fourth-order valence-corrected chi connectivity index (χ4v) is 8.93. The van der Waals surface area contributed by atoms with Crippen molar-refractivity contribution in [2.24, 2.45) is 0 Å². The van der Waals surface area contributed by atoms with Crippen LogP contribution in [0.1, 0.15) is 0 Å². The summed E-state index contributed by atoms with van der Waals surface area (Å²) in [4.78, 5) is 2.32. The number of hydrogen-bond donors (Lipinski definition) is 0. The van der Waals surface area contributed by atoms with E-state index in [1.54, 1.807) is 0 Å². The highest BCUT2D eigenvalue weighted by molar-refractivity contribution is 6.29. The molecule has 0 heterocycles. The van der Waals surface area contributed by atoms with Gasteiger partial charge in [-0.15, -0.1) is 0 Å². The van der Waals surface area contributed by atoms with E-state index in [9.17, 15) is 0 Å². The fourth-order valence-electron chi connectivity index (χ4n) is 8.93. The maximum atomic E-state index is 2.44. The average molecular weight is 698 g/mol. The molecule has 0 spiro atoms.